The largest absolute Gasteiger partial charge is 0.388 e. The number of aliphatic hydroxyl groups excluding tert-OH is 10. The van der Waals surface area contributed by atoms with Gasteiger partial charge in [0, 0.05) is 11.5 Å². The second-order valence-corrected chi connectivity index (χ2v) is 62.3. The lowest BCUT2D eigenvalue weighted by atomic mass is 10.1. The number of thioether (sulfide) groups is 4. The molecule has 0 amide bonds. The average molecular weight is 2000 g/mol. The van der Waals surface area contributed by atoms with Crippen molar-refractivity contribution in [2.75, 3.05) is 150 Å². The number of rotatable bonds is 30. The van der Waals surface area contributed by atoms with Crippen LogP contribution in [0.25, 0.3) is 55.8 Å². The van der Waals surface area contributed by atoms with Crippen molar-refractivity contribution in [3.8, 4) is 0 Å². The van der Waals surface area contributed by atoms with Gasteiger partial charge >= 0.3 is 0 Å². The highest BCUT2D eigenvalue weighted by atomic mass is 32.2. The van der Waals surface area contributed by atoms with Gasteiger partial charge in [-0.15, -0.1) is 65.9 Å². The van der Waals surface area contributed by atoms with Crippen LogP contribution in [-0.2, 0) is 23.7 Å². The minimum absolute atomic E-state index is 0.262. The molecule has 15 heterocycles. The van der Waals surface area contributed by atoms with Gasteiger partial charge in [-0.1, -0.05) is 74.2 Å². The SMILES string of the molecule is C=P(C)(C)CC[C@H]1O[C@@H](n2c(=S)[nH]c3c(N)ncnc32)[C@H](O)[C@@H]1O.C=P(C)(C)CC[C@H]1O[C@@H](n2c(SC)nc3c(N)ncnc32)[C@H](O)[C@@H]1O.C=P(C)(C)CC[C@H]1O[C@@H](n2c(SCC)nc3c(N)ncnc32)[C@H](O)[C@@H]1O.C=P(C)(C)CC[C@H]1O[C@@H](n2c(SCCC)nc3c(N)ncnc32)[C@H](O)[C@@H]1O.C=P(C)(C)CC[C@H]1O[C@@H](n2c(SCCCC)nc3c(N)ncnc32)[C@H](O)[C@@H]1O. The number of hydrogen-bond donors (Lipinski definition) is 16. The van der Waals surface area contributed by atoms with Gasteiger partial charge in [-0.3, -0.25) is 22.8 Å². The van der Waals surface area contributed by atoms with Crippen LogP contribution in [0, 0.1) is 4.77 Å². The van der Waals surface area contributed by atoms with E-state index in [1.54, 1.807) is 46.4 Å². The Morgan fingerprint density at radius 2 is 0.608 bits per heavy atom. The molecule has 5 fully saturated rings. The molecule has 0 aromatic carbocycles. The summed E-state index contributed by atoms with van der Waals surface area (Å²) < 4.78 is 39.0. The number of ether oxygens (including phenoxy) is 5. The zero-order valence-electron chi connectivity index (χ0n) is 76.0. The summed E-state index contributed by atoms with van der Waals surface area (Å²) in [4.78, 5) is 62.2. The maximum atomic E-state index is 10.7. The lowest BCUT2D eigenvalue weighted by Crippen LogP contribution is -2.32. The van der Waals surface area contributed by atoms with Crippen LogP contribution >= 0.6 is 93.7 Å². The minimum Gasteiger partial charge on any atom is -0.388 e. The summed E-state index contributed by atoms with van der Waals surface area (Å²) >= 11 is 11.3. The molecule has 0 unspecified atom stereocenters. The van der Waals surface area contributed by atoms with Crippen molar-refractivity contribution in [2.45, 2.75) is 215 Å². The lowest BCUT2D eigenvalue weighted by molar-refractivity contribution is -0.0400. The van der Waals surface area contributed by atoms with Crippen LogP contribution in [0.1, 0.15) is 103 Å². The third-order valence-electron chi connectivity index (χ3n) is 22.1. The number of anilines is 5. The van der Waals surface area contributed by atoms with Gasteiger partial charge < -0.3 is 108 Å². The maximum absolute atomic E-state index is 10.7. The predicted molar refractivity (Wildman–Crippen MR) is 537 cm³/mol. The number of hydrogen-bond acceptors (Lipinski definition) is 39. The Morgan fingerprint density at radius 3 is 0.877 bits per heavy atom. The number of nitrogen functional groups attached to an aromatic ring is 5. The van der Waals surface area contributed by atoms with Gasteiger partial charge in [0.1, 0.15) is 98.2 Å². The quantitative estimate of drug-likeness (QED) is 0.00985. The topological polar surface area (TPSA) is 599 Å². The molecule has 5 aliphatic heterocycles. The number of unbranched alkanes of at least 4 members (excludes halogenated alkanes) is 1. The van der Waals surface area contributed by atoms with Crippen LogP contribution in [0.2, 0.25) is 0 Å². The van der Waals surface area contributed by atoms with Gasteiger partial charge in [0.25, 0.3) is 0 Å². The van der Waals surface area contributed by atoms with Gasteiger partial charge in [0.05, 0.1) is 30.5 Å². The number of H-pyrrole nitrogens is 1. The van der Waals surface area contributed by atoms with Crippen molar-refractivity contribution >= 4 is 210 Å². The molecule has 10 aromatic heterocycles. The number of nitrogens with zero attached hydrogens (tertiary/aromatic N) is 19. The van der Waals surface area contributed by atoms with Crippen molar-refractivity contribution in [1.82, 2.24) is 97.6 Å². The fourth-order valence-corrected chi connectivity index (χ4v) is 23.4. The molecule has 20 atom stereocenters. The van der Waals surface area contributed by atoms with E-state index < -0.39 is 157 Å². The molecule has 0 saturated carbocycles. The van der Waals surface area contributed by atoms with Crippen LogP contribution in [0.15, 0.2) is 52.3 Å². The molecule has 720 valence electrons. The van der Waals surface area contributed by atoms with Crippen molar-refractivity contribution in [1.29, 1.82) is 0 Å². The van der Waals surface area contributed by atoms with E-state index in [4.69, 9.17) is 64.6 Å². The van der Waals surface area contributed by atoms with Crippen LogP contribution in [0.5, 0.6) is 0 Å². The Hall–Kier alpha value is -5.73. The molecule has 10 aromatic rings. The molecule has 40 nitrogen and oxygen atoms in total. The zero-order valence-corrected chi connectivity index (χ0v) is 84.5. The molecule has 50 heteroatoms. The molecule has 5 aliphatic rings. The first-order chi connectivity index (χ1) is 61.1. The van der Waals surface area contributed by atoms with E-state index in [2.05, 4.69) is 187 Å². The first-order valence-electron chi connectivity index (χ1n) is 42.6. The molecule has 5 saturated heterocycles. The summed E-state index contributed by atoms with van der Waals surface area (Å²) in [5.41, 5.74) is 34.4. The summed E-state index contributed by atoms with van der Waals surface area (Å²) in [5.74, 6) is 3.89. The van der Waals surface area contributed by atoms with Crippen LogP contribution in [0.3, 0.4) is 0 Å². The van der Waals surface area contributed by atoms with Crippen LogP contribution in [0.4, 0.5) is 29.1 Å². The first-order valence-corrected chi connectivity index (χ1v) is 62.5. The average Bonchev–Trinajstić information content (AvgIpc) is 1.62. The van der Waals surface area contributed by atoms with Crippen LogP contribution in [-0.4, -0.2) is 393 Å². The summed E-state index contributed by atoms with van der Waals surface area (Å²) in [6.45, 7) is 21.4. The molecular weight excluding hydrogens is 1870 g/mol. The number of fused-ring (bicyclic) bond motifs is 5. The number of imidazole rings is 5. The Morgan fingerprint density at radius 1 is 0.354 bits per heavy atom. The third kappa shape index (κ3) is 25.0. The van der Waals surface area contributed by atoms with E-state index in [1.165, 1.54) is 55.2 Å². The van der Waals surface area contributed by atoms with E-state index in [1.807, 2.05) is 13.2 Å². The first kappa shape index (κ1) is 105. The Labute approximate surface area is 778 Å². The highest BCUT2D eigenvalue weighted by Crippen LogP contribution is 2.48. The fraction of sp³-hybridized carbons (Fsp3) is 0.625. The zero-order chi connectivity index (χ0) is 95.3. The normalized spacial score (nSPS) is 26.6. The summed E-state index contributed by atoms with van der Waals surface area (Å²) in [6.07, 6.45) is 23.9. The molecule has 15 rings (SSSR count). The Balaban J connectivity index is 0.000000157. The highest BCUT2D eigenvalue weighted by Gasteiger charge is 2.51. The second kappa shape index (κ2) is 44.2. The van der Waals surface area contributed by atoms with E-state index >= 15 is 0 Å². The third-order valence-corrected chi connectivity index (χ3v) is 33.4. The number of nitrogens with two attached hydrogens (primary N) is 5. The van der Waals surface area contributed by atoms with Gasteiger partial charge in [-0.2, -0.15) is 0 Å². The molecule has 0 radical (unpaired) electrons. The number of aliphatic hydroxyl groups is 10. The van der Waals surface area contributed by atoms with E-state index in [9.17, 15) is 51.1 Å². The van der Waals surface area contributed by atoms with Gasteiger partial charge in [0.15, 0.2) is 136 Å². The smallest absolute Gasteiger partial charge is 0.181 e. The van der Waals surface area contributed by atoms with Crippen molar-refractivity contribution < 1.29 is 74.7 Å². The number of nitrogens with one attached hydrogen (secondary N) is 1. The highest BCUT2D eigenvalue weighted by molar-refractivity contribution is 7.99. The number of aromatic amines is 1. The Bertz CT molecular complexity index is 5870. The van der Waals surface area contributed by atoms with Crippen molar-refractivity contribution in [3.63, 3.8) is 0 Å². The Kier molecular flexibility index (Phi) is 35.6. The molecule has 0 spiro atoms. The molecular formula is C80H130N25O15P5S5. The molecule has 130 heavy (non-hydrogen) atoms. The monoisotopic (exact) mass is 2000 g/mol. The molecule has 0 bridgehead atoms. The van der Waals surface area contributed by atoms with E-state index in [-0.39, 0.29) is 29.1 Å². The number of aromatic nitrogens is 20. The predicted octanol–water partition coefficient (Wildman–Crippen LogP) is 6.53. The lowest BCUT2D eigenvalue weighted by Gasteiger charge is -2.19. The van der Waals surface area contributed by atoms with E-state index in [0.717, 1.165) is 67.3 Å². The van der Waals surface area contributed by atoms with E-state index in [0.29, 0.717) is 113 Å². The second-order valence-electron chi connectivity index (χ2n) is 36.2. The molecule has 0 aliphatic carbocycles. The summed E-state index contributed by atoms with van der Waals surface area (Å²) in [5, 5.41) is 108. The molecule has 21 N–H and O–H groups in total. The summed E-state index contributed by atoms with van der Waals surface area (Å²) in [6, 6.07) is 0. The van der Waals surface area contributed by atoms with Crippen molar-refractivity contribution in [3.05, 3.63) is 36.4 Å². The van der Waals surface area contributed by atoms with Crippen molar-refractivity contribution in [2.24, 2.45) is 0 Å². The van der Waals surface area contributed by atoms with Crippen LogP contribution < -0.4 is 28.7 Å². The maximum Gasteiger partial charge on any atom is 0.181 e. The van der Waals surface area contributed by atoms with Gasteiger partial charge in [-0.25, -0.2) is 69.8 Å². The minimum atomic E-state index is -1.25. The van der Waals surface area contributed by atoms with Gasteiger partial charge in [0.2, 0.25) is 0 Å². The van der Waals surface area contributed by atoms with Gasteiger partial charge in [-0.05, 0) is 167 Å². The fourth-order valence-electron chi connectivity index (χ4n) is 15.1. The summed E-state index contributed by atoms with van der Waals surface area (Å²) in [7, 11) is 0. The standard InChI is InChI=1S/C18H30N5O3PS.C17H28N5O3PS.C16H26N5O3PS.C15H24N5O3PS.C14H22N5O3PS/c1-5-6-9-28-18-22-12-15(19)20-10-21-16(12)23(18)17-14(25)13(24)11(26-17)7-8-27(2,3)4;1-5-8-27-17-21-11-14(18)19-9-20-15(11)22(17)16-13(24)12(23)10(25-16)6-7-26(2,3)4;1-5-26-16-20-10-13(17)18-8-19-14(10)21(16)15-12(23)11(22)9(24-15)6-7-25(2,3)4;1-24(2,3)6-5-8-10(21)11(22)14(23-8)20-13-9(19-15(20)25-4)12(16)17-7-18-13;1-23(2,3)5-4-7-9(20)10(21)13(22-7)19-12-8(18-14(19)24)11(15)16-6-17-12/h10-11,13-14,17,24-25H,2,5-9H2,1,3-4H3,(H2,19,20,21);9-10,12-13,16,23-24H,2,5-8H2,1,3-4H3,(H2,18,19,20);8-9,11-12,15,22-23H,2,5-7H2,1,3-4H3,(H2,17,18,19);7-8,10-11,14,21-22H,1,5-6H2,2-4H3,(H2,16,17,18);6-7,9-10,13,20-21H,1,4-5H2,2-3H3,(H,18,24)(H2,15,16,17)/t11-,13-,14-,17-;10-,12-,13-,16-;9-,11-,12-,15-;8-,10-,11-,14-;7-,9-,10-,13-/m11111/s1.